The van der Waals surface area contributed by atoms with Gasteiger partial charge in [0, 0.05) is 16.9 Å². The third-order valence-electron chi connectivity index (χ3n) is 3.58. The summed E-state index contributed by atoms with van der Waals surface area (Å²) in [6.45, 7) is 0. The van der Waals surface area contributed by atoms with Gasteiger partial charge in [-0.2, -0.15) is 0 Å². The fourth-order valence-electron chi connectivity index (χ4n) is 2.50. The van der Waals surface area contributed by atoms with E-state index in [1.165, 1.54) is 16.3 Å². The highest BCUT2D eigenvalue weighted by Gasteiger charge is 2.11. The molecule has 21 heavy (non-hydrogen) atoms. The van der Waals surface area contributed by atoms with Crippen LogP contribution >= 0.6 is 15.9 Å². The molecule has 4 heteroatoms. The van der Waals surface area contributed by atoms with E-state index in [0.29, 0.717) is 0 Å². The Balaban J connectivity index is 1.90. The van der Waals surface area contributed by atoms with Crippen LogP contribution in [0.1, 0.15) is 17.2 Å². The first kappa shape index (κ1) is 14.2. The minimum atomic E-state index is 0.0608. The van der Waals surface area contributed by atoms with Gasteiger partial charge in [0.25, 0.3) is 0 Å². The van der Waals surface area contributed by atoms with Crippen molar-refractivity contribution in [2.75, 3.05) is 0 Å². The summed E-state index contributed by atoms with van der Waals surface area (Å²) in [6.07, 6.45) is 4.45. The number of hydrogen-bond acceptors (Lipinski definition) is 3. The quantitative estimate of drug-likeness (QED) is 0.561. The van der Waals surface area contributed by atoms with E-state index >= 15 is 0 Å². The number of fused-ring (bicyclic) bond motifs is 1. The van der Waals surface area contributed by atoms with Gasteiger partial charge in [0.2, 0.25) is 0 Å². The van der Waals surface area contributed by atoms with Gasteiger partial charge in [-0.05, 0) is 56.4 Å². The highest BCUT2D eigenvalue weighted by molar-refractivity contribution is 9.10. The number of pyridine rings is 1. The van der Waals surface area contributed by atoms with Gasteiger partial charge >= 0.3 is 0 Å². The zero-order chi connectivity index (χ0) is 14.7. The van der Waals surface area contributed by atoms with Gasteiger partial charge in [0.05, 0.1) is 6.04 Å². The van der Waals surface area contributed by atoms with Crippen molar-refractivity contribution in [3.63, 3.8) is 0 Å². The number of nitrogens with zero attached hydrogens (tertiary/aromatic N) is 1. The first-order chi connectivity index (χ1) is 10.3. The minimum absolute atomic E-state index is 0.0608. The van der Waals surface area contributed by atoms with Gasteiger partial charge in [-0.15, -0.1) is 0 Å². The molecule has 3 nitrogen and oxygen atoms in total. The van der Waals surface area contributed by atoms with Crippen LogP contribution in [-0.4, -0.2) is 4.98 Å². The van der Waals surface area contributed by atoms with Crippen LogP contribution in [0.5, 0.6) is 0 Å². The topological polar surface area (TPSA) is 50.9 Å². The van der Waals surface area contributed by atoms with Crippen LogP contribution in [0, 0.1) is 0 Å². The monoisotopic (exact) mass is 341 g/mol. The molecular formula is C17H16BrN3. The Kier molecular flexibility index (Phi) is 4.29. The minimum Gasteiger partial charge on any atom is -0.271 e. The summed E-state index contributed by atoms with van der Waals surface area (Å²) in [5.74, 6) is 5.75. The lowest BCUT2D eigenvalue weighted by atomic mass is 9.98. The lowest BCUT2D eigenvalue weighted by molar-refractivity contribution is 0.551. The van der Waals surface area contributed by atoms with E-state index in [4.69, 9.17) is 5.84 Å². The summed E-state index contributed by atoms with van der Waals surface area (Å²) in [4.78, 5) is 4.20. The predicted octanol–water partition coefficient (Wildman–Crippen LogP) is 3.74. The molecule has 1 unspecified atom stereocenters. The van der Waals surface area contributed by atoms with E-state index in [0.717, 1.165) is 16.5 Å². The van der Waals surface area contributed by atoms with Crippen molar-refractivity contribution in [3.8, 4) is 0 Å². The molecule has 0 radical (unpaired) electrons. The van der Waals surface area contributed by atoms with E-state index < -0.39 is 0 Å². The molecule has 0 aliphatic heterocycles. The second-order valence-electron chi connectivity index (χ2n) is 5.04. The van der Waals surface area contributed by atoms with Crippen molar-refractivity contribution in [2.45, 2.75) is 12.5 Å². The van der Waals surface area contributed by atoms with Crippen LogP contribution in [0.2, 0.25) is 0 Å². The smallest absolute Gasteiger partial charge is 0.0501 e. The van der Waals surface area contributed by atoms with E-state index in [1.807, 2.05) is 12.3 Å². The van der Waals surface area contributed by atoms with Crippen molar-refractivity contribution in [2.24, 2.45) is 5.84 Å². The summed E-state index contributed by atoms with van der Waals surface area (Å²) in [6, 6.07) is 16.9. The second kappa shape index (κ2) is 6.35. The molecule has 3 aromatic rings. The Morgan fingerprint density at radius 3 is 2.62 bits per heavy atom. The summed E-state index contributed by atoms with van der Waals surface area (Å²) in [5.41, 5.74) is 5.22. The van der Waals surface area contributed by atoms with Crippen molar-refractivity contribution in [1.82, 2.24) is 10.4 Å². The molecule has 0 aliphatic carbocycles. The van der Waals surface area contributed by atoms with E-state index in [9.17, 15) is 0 Å². The summed E-state index contributed by atoms with van der Waals surface area (Å²) in [7, 11) is 0. The molecule has 3 N–H and O–H groups in total. The van der Waals surface area contributed by atoms with Crippen LogP contribution in [0.25, 0.3) is 10.8 Å². The zero-order valence-corrected chi connectivity index (χ0v) is 13.0. The van der Waals surface area contributed by atoms with Crippen LogP contribution in [0.4, 0.5) is 0 Å². The second-order valence-corrected chi connectivity index (χ2v) is 5.96. The van der Waals surface area contributed by atoms with Gasteiger partial charge in [-0.1, -0.05) is 36.4 Å². The first-order valence-corrected chi connectivity index (χ1v) is 7.60. The van der Waals surface area contributed by atoms with Crippen LogP contribution < -0.4 is 11.3 Å². The van der Waals surface area contributed by atoms with Crippen molar-refractivity contribution in [1.29, 1.82) is 0 Å². The molecule has 0 saturated carbocycles. The molecule has 1 atom stereocenters. The maximum atomic E-state index is 5.75. The average molecular weight is 342 g/mol. The standard InChI is InChI=1S/C17H16BrN3/c18-16-7-12(10-20-11-16)8-17(21-19)15-6-5-13-3-1-2-4-14(13)9-15/h1-7,9-11,17,21H,8,19H2. The number of nitrogens with two attached hydrogens (primary N) is 1. The Morgan fingerprint density at radius 1 is 1.05 bits per heavy atom. The Morgan fingerprint density at radius 2 is 1.86 bits per heavy atom. The van der Waals surface area contributed by atoms with Crippen LogP contribution in [-0.2, 0) is 6.42 Å². The molecule has 0 amide bonds. The van der Waals surface area contributed by atoms with Gasteiger partial charge in [0.15, 0.2) is 0 Å². The SMILES string of the molecule is NNC(Cc1cncc(Br)c1)c1ccc2ccccc2c1. The maximum absolute atomic E-state index is 5.75. The van der Waals surface area contributed by atoms with E-state index in [-0.39, 0.29) is 6.04 Å². The van der Waals surface area contributed by atoms with E-state index in [2.05, 4.69) is 68.8 Å². The van der Waals surface area contributed by atoms with Crippen LogP contribution in [0.15, 0.2) is 65.4 Å². The molecule has 0 saturated heterocycles. The number of nitrogens with one attached hydrogen (secondary N) is 1. The fourth-order valence-corrected chi connectivity index (χ4v) is 2.91. The normalized spacial score (nSPS) is 12.5. The van der Waals surface area contributed by atoms with Gasteiger partial charge < -0.3 is 0 Å². The highest BCUT2D eigenvalue weighted by atomic mass is 79.9. The zero-order valence-electron chi connectivity index (χ0n) is 11.5. The molecule has 1 heterocycles. The predicted molar refractivity (Wildman–Crippen MR) is 89.7 cm³/mol. The van der Waals surface area contributed by atoms with Crippen molar-refractivity contribution < 1.29 is 0 Å². The third kappa shape index (κ3) is 3.29. The van der Waals surface area contributed by atoms with Gasteiger partial charge in [0.1, 0.15) is 0 Å². The third-order valence-corrected chi connectivity index (χ3v) is 4.01. The molecule has 0 fully saturated rings. The number of hydrazine groups is 1. The molecule has 0 bridgehead atoms. The maximum Gasteiger partial charge on any atom is 0.0501 e. The largest absolute Gasteiger partial charge is 0.271 e. The van der Waals surface area contributed by atoms with Crippen molar-refractivity contribution in [3.05, 3.63) is 76.5 Å². The highest BCUT2D eigenvalue weighted by Crippen LogP contribution is 2.23. The summed E-state index contributed by atoms with van der Waals surface area (Å²) >= 11 is 3.45. The Labute approximate surface area is 132 Å². The molecule has 2 aromatic carbocycles. The van der Waals surface area contributed by atoms with Gasteiger partial charge in [-0.25, -0.2) is 0 Å². The molecule has 1 aromatic heterocycles. The summed E-state index contributed by atoms with van der Waals surface area (Å²) in [5, 5.41) is 2.46. The van der Waals surface area contributed by atoms with Gasteiger partial charge in [-0.3, -0.25) is 16.3 Å². The Hall–Kier alpha value is -1.75. The first-order valence-electron chi connectivity index (χ1n) is 6.80. The number of halogens is 1. The number of rotatable bonds is 4. The molecule has 0 spiro atoms. The molecular weight excluding hydrogens is 326 g/mol. The molecule has 3 rings (SSSR count). The Bertz CT molecular complexity index is 758. The summed E-state index contributed by atoms with van der Waals surface area (Å²) < 4.78 is 0.981. The van der Waals surface area contributed by atoms with Crippen LogP contribution in [0.3, 0.4) is 0 Å². The molecule has 0 aliphatic rings. The lowest BCUT2D eigenvalue weighted by Crippen LogP contribution is -2.29. The number of hydrogen-bond donors (Lipinski definition) is 2. The number of aromatic nitrogens is 1. The number of benzene rings is 2. The average Bonchev–Trinajstić information content (AvgIpc) is 2.52. The van der Waals surface area contributed by atoms with E-state index in [1.54, 1.807) is 6.20 Å². The fraction of sp³-hybridized carbons (Fsp3) is 0.118. The van der Waals surface area contributed by atoms with Crippen molar-refractivity contribution >= 4 is 26.7 Å². The lowest BCUT2D eigenvalue weighted by Gasteiger charge is -2.17. The molecule has 106 valence electrons.